The van der Waals surface area contributed by atoms with E-state index in [1.165, 1.54) is 7.11 Å². The molecular weight excluding hydrogens is 564 g/mol. The molecule has 13 heteroatoms. The number of esters is 2. The number of rotatable bonds is 23. The maximum atomic E-state index is 12.2. The van der Waals surface area contributed by atoms with Crippen molar-refractivity contribution in [2.45, 2.75) is 52.2 Å². The Bertz CT molecular complexity index is 922. The topological polar surface area (TPSA) is 157 Å². The van der Waals surface area contributed by atoms with E-state index in [-0.39, 0.29) is 31.8 Å². The van der Waals surface area contributed by atoms with Crippen molar-refractivity contribution in [3.63, 3.8) is 0 Å². The molecule has 2 amide bonds. The zero-order chi connectivity index (χ0) is 31.8. The van der Waals surface area contributed by atoms with Gasteiger partial charge in [0.15, 0.2) is 0 Å². The van der Waals surface area contributed by atoms with Crippen LogP contribution < -0.4 is 10.6 Å². The van der Waals surface area contributed by atoms with Crippen molar-refractivity contribution in [1.29, 1.82) is 0 Å². The first kappa shape index (κ1) is 37.8. The Morgan fingerprint density at radius 3 is 1.84 bits per heavy atom. The summed E-state index contributed by atoms with van der Waals surface area (Å²) in [7, 11) is 1.24. The van der Waals surface area contributed by atoms with Gasteiger partial charge in [0.25, 0.3) is 0 Å². The van der Waals surface area contributed by atoms with E-state index in [1.807, 2.05) is 30.3 Å². The van der Waals surface area contributed by atoms with Crippen molar-refractivity contribution in [2.75, 3.05) is 73.1 Å². The van der Waals surface area contributed by atoms with Gasteiger partial charge < -0.3 is 43.8 Å². The van der Waals surface area contributed by atoms with Crippen molar-refractivity contribution in [3.05, 3.63) is 35.9 Å². The lowest BCUT2D eigenvalue weighted by Crippen LogP contribution is -2.34. The summed E-state index contributed by atoms with van der Waals surface area (Å²) in [6.45, 7) is 9.19. The van der Waals surface area contributed by atoms with E-state index >= 15 is 0 Å². The summed E-state index contributed by atoms with van der Waals surface area (Å²) >= 11 is 0. The van der Waals surface area contributed by atoms with Gasteiger partial charge in [0.1, 0.15) is 12.2 Å². The molecule has 0 aliphatic heterocycles. The molecule has 1 aromatic rings. The van der Waals surface area contributed by atoms with Crippen LogP contribution in [0.2, 0.25) is 0 Å². The van der Waals surface area contributed by atoms with Crippen molar-refractivity contribution < 1.29 is 52.3 Å². The van der Waals surface area contributed by atoms with Gasteiger partial charge in [0.2, 0.25) is 5.91 Å². The summed E-state index contributed by atoms with van der Waals surface area (Å²) in [4.78, 5) is 47.9. The molecule has 0 fully saturated rings. The van der Waals surface area contributed by atoms with E-state index in [1.54, 1.807) is 20.8 Å². The second-order valence-corrected chi connectivity index (χ2v) is 10.3. The van der Waals surface area contributed by atoms with Crippen LogP contribution in [0.3, 0.4) is 0 Å². The lowest BCUT2D eigenvalue weighted by Gasteiger charge is -2.19. The Morgan fingerprint density at radius 2 is 1.30 bits per heavy atom. The number of amides is 2. The van der Waals surface area contributed by atoms with Crippen molar-refractivity contribution in [1.82, 2.24) is 10.6 Å². The van der Waals surface area contributed by atoms with Gasteiger partial charge in [-0.25, -0.2) is 4.79 Å². The van der Waals surface area contributed by atoms with Crippen molar-refractivity contribution in [3.8, 4) is 0 Å². The lowest BCUT2D eigenvalue weighted by molar-refractivity contribution is -0.154. The van der Waals surface area contributed by atoms with Crippen LogP contribution in [0.25, 0.3) is 0 Å². The highest BCUT2D eigenvalue weighted by Crippen LogP contribution is 2.15. The van der Waals surface area contributed by atoms with Crippen molar-refractivity contribution in [2.24, 2.45) is 5.92 Å². The van der Waals surface area contributed by atoms with E-state index in [0.717, 1.165) is 5.56 Å². The van der Waals surface area contributed by atoms with Crippen molar-refractivity contribution >= 4 is 23.9 Å². The molecule has 2 N–H and O–H groups in total. The monoisotopic (exact) mass is 612 g/mol. The molecule has 0 radical (unpaired) electrons. The second-order valence-electron chi connectivity index (χ2n) is 10.3. The molecule has 0 aliphatic carbocycles. The number of hydrogen-bond donors (Lipinski definition) is 2. The zero-order valence-corrected chi connectivity index (χ0v) is 25.9. The number of carbonyl (C=O) groups is 4. The molecule has 1 aromatic carbocycles. The van der Waals surface area contributed by atoms with Crippen LogP contribution in [-0.4, -0.2) is 103 Å². The fraction of sp³-hybridized carbons (Fsp3) is 0.667. The van der Waals surface area contributed by atoms with Gasteiger partial charge in [0, 0.05) is 19.5 Å². The number of benzene rings is 1. The molecule has 0 saturated heterocycles. The molecule has 0 aliphatic rings. The summed E-state index contributed by atoms with van der Waals surface area (Å²) in [5.74, 6) is -2.11. The Labute approximate surface area is 254 Å². The molecule has 0 unspecified atom stereocenters. The van der Waals surface area contributed by atoms with E-state index < -0.39 is 29.6 Å². The Kier molecular flexibility index (Phi) is 20.4. The third kappa shape index (κ3) is 22.0. The molecule has 0 aromatic heterocycles. The normalized spacial score (nSPS) is 11.8. The van der Waals surface area contributed by atoms with Gasteiger partial charge >= 0.3 is 18.0 Å². The summed E-state index contributed by atoms with van der Waals surface area (Å²) in [6.07, 6.45) is -0.421. The van der Waals surface area contributed by atoms with Gasteiger partial charge in [-0.1, -0.05) is 30.3 Å². The Balaban J connectivity index is 1.97. The lowest BCUT2D eigenvalue weighted by atomic mass is 9.99. The molecule has 0 bridgehead atoms. The zero-order valence-electron chi connectivity index (χ0n) is 25.9. The minimum Gasteiger partial charge on any atom is -0.469 e. The highest BCUT2D eigenvalue weighted by atomic mass is 16.6. The number of alkyl carbamates (subject to hydrolysis) is 1. The maximum Gasteiger partial charge on any atom is 0.407 e. The molecule has 13 nitrogen and oxygen atoms in total. The molecule has 1 atom stereocenters. The summed E-state index contributed by atoms with van der Waals surface area (Å²) < 4.78 is 36.8. The highest BCUT2D eigenvalue weighted by Gasteiger charge is 2.24. The van der Waals surface area contributed by atoms with Crippen LogP contribution >= 0.6 is 0 Å². The van der Waals surface area contributed by atoms with E-state index in [9.17, 15) is 19.2 Å². The molecule has 0 saturated carbocycles. The van der Waals surface area contributed by atoms with E-state index in [4.69, 9.17) is 33.2 Å². The van der Waals surface area contributed by atoms with Crippen LogP contribution in [-0.2, 0) is 54.1 Å². The van der Waals surface area contributed by atoms with Gasteiger partial charge in [-0.15, -0.1) is 0 Å². The second kappa shape index (κ2) is 23.2. The Hall–Kier alpha value is -3.26. The minimum absolute atomic E-state index is 0.0584. The Morgan fingerprint density at radius 1 is 0.767 bits per heavy atom. The summed E-state index contributed by atoms with van der Waals surface area (Å²) in [5.41, 5.74) is 0.309. The predicted octanol–water partition coefficient (Wildman–Crippen LogP) is 2.40. The average Bonchev–Trinajstić information content (AvgIpc) is 2.97. The summed E-state index contributed by atoms with van der Waals surface area (Å²) in [6, 6.07) is 9.22. The van der Waals surface area contributed by atoms with Gasteiger partial charge in [-0.2, -0.15) is 0 Å². The number of ether oxygens (including phenoxy) is 7. The van der Waals surface area contributed by atoms with E-state index in [2.05, 4.69) is 10.6 Å². The molecule has 43 heavy (non-hydrogen) atoms. The fourth-order valence-corrected chi connectivity index (χ4v) is 3.43. The highest BCUT2D eigenvalue weighted by molar-refractivity contribution is 5.81. The molecule has 0 spiro atoms. The molecule has 1 rings (SSSR count). The number of hydrogen-bond acceptors (Lipinski definition) is 11. The van der Waals surface area contributed by atoms with Gasteiger partial charge in [-0.05, 0) is 32.8 Å². The van der Waals surface area contributed by atoms with Crippen LogP contribution in [0, 0.1) is 5.92 Å². The maximum absolute atomic E-state index is 12.2. The van der Waals surface area contributed by atoms with Crippen LogP contribution in [0.15, 0.2) is 30.3 Å². The van der Waals surface area contributed by atoms with Crippen LogP contribution in [0.5, 0.6) is 0 Å². The standard InChI is InChI=1S/C30H48N2O11/c1-30(2,3)43-29(36)32-13-15-39-17-19-41-21-20-40-18-16-38-14-12-31-26(33)11-10-25(28(35)37-4)22-27(34)42-23-24-8-6-5-7-9-24/h5-9,25H,10-23H2,1-4H3,(H,31,33)(H,32,36)/t25-/m1/s1. The quantitative estimate of drug-likeness (QED) is 0.106. The minimum atomic E-state index is -0.767. The number of nitrogens with one attached hydrogen (secondary N) is 2. The smallest absolute Gasteiger partial charge is 0.407 e. The third-order valence-electron chi connectivity index (χ3n) is 5.51. The van der Waals surface area contributed by atoms with E-state index in [0.29, 0.717) is 65.9 Å². The number of methoxy groups -OCH3 is 1. The fourth-order valence-electron chi connectivity index (χ4n) is 3.43. The largest absolute Gasteiger partial charge is 0.469 e. The first-order valence-electron chi connectivity index (χ1n) is 14.4. The van der Waals surface area contributed by atoms with Crippen LogP contribution in [0.4, 0.5) is 4.79 Å². The first-order chi connectivity index (χ1) is 20.6. The molecule has 244 valence electrons. The first-order valence-corrected chi connectivity index (χ1v) is 14.4. The van der Waals surface area contributed by atoms with Crippen LogP contribution in [0.1, 0.15) is 45.6 Å². The van der Waals surface area contributed by atoms with Gasteiger partial charge in [0.05, 0.1) is 72.3 Å². The SMILES string of the molecule is COC(=O)[C@H](CCC(=O)NCCOCCOCCOCCOCCNC(=O)OC(C)(C)C)CC(=O)OCc1ccccc1. The predicted molar refractivity (Wildman–Crippen MR) is 156 cm³/mol. The molecular formula is C30H48N2O11. The van der Waals surface area contributed by atoms with Gasteiger partial charge in [-0.3, -0.25) is 14.4 Å². The third-order valence-corrected chi connectivity index (χ3v) is 5.51. The number of carbonyl (C=O) groups excluding carboxylic acids is 4. The average molecular weight is 613 g/mol. The summed E-state index contributed by atoms with van der Waals surface area (Å²) in [5, 5.41) is 5.33. The molecule has 0 heterocycles.